The molecule has 0 aliphatic rings. The number of carboxylic acid groups (broad SMARTS) is 1. The van der Waals surface area contributed by atoms with Gasteiger partial charge < -0.3 is 14.6 Å². The molecule has 2 aromatic heterocycles. The Bertz CT molecular complexity index is 743. The highest BCUT2D eigenvalue weighted by molar-refractivity contribution is 5.95. The van der Waals surface area contributed by atoms with E-state index < -0.39 is 5.97 Å². The summed E-state index contributed by atoms with van der Waals surface area (Å²) in [6.07, 6.45) is 1.69. The van der Waals surface area contributed by atoms with Gasteiger partial charge in [-0.3, -0.25) is 0 Å². The van der Waals surface area contributed by atoms with Crippen LogP contribution in [0.5, 0.6) is 5.75 Å². The van der Waals surface area contributed by atoms with Gasteiger partial charge in [0.25, 0.3) is 0 Å². The summed E-state index contributed by atoms with van der Waals surface area (Å²) in [6.45, 7) is 0. The second-order valence-corrected chi connectivity index (χ2v) is 3.87. The van der Waals surface area contributed by atoms with E-state index in [0.29, 0.717) is 0 Å². The second-order valence-electron chi connectivity index (χ2n) is 3.87. The fourth-order valence-electron chi connectivity index (χ4n) is 2.03. The highest BCUT2D eigenvalue weighted by atomic mass is 16.4. The molecule has 0 saturated heterocycles. The normalized spacial score (nSPS) is 11.1. The number of benzene rings is 1. The molecule has 84 valence electrons. The number of hydrogen-bond donors (Lipinski definition) is 2. The van der Waals surface area contributed by atoms with Crippen LogP contribution < -0.4 is 0 Å². The first-order valence-corrected chi connectivity index (χ1v) is 5.13. The highest BCUT2D eigenvalue weighted by Crippen LogP contribution is 2.28. The average molecular weight is 227 g/mol. The summed E-state index contributed by atoms with van der Waals surface area (Å²) in [5.41, 5.74) is 1.85. The van der Waals surface area contributed by atoms with Gasteiger partial charge in [-0.1, -0.05) is 6.07 Å². The lowest BCUT2D eigenvalue weighted by atomic mass is 10.2. The Morgan fingerprint density at radius 3 is 2.76 bits per heavy atom. The van der Waals surface area contributed by atoms with Crippen LogP contribution in [0, 0.1) is 0 Å². The first-order chi connectivity index (χ1) is 8.16. The summed E-state index contributed by atoms with van der Waals surface area (Å²) < 4.78 is 1.85. The molecule has 0 spiro atoms. The molecule has 17 heavy (non-hydrogen) atoms. The third kappa shape index (κ3) is 1.34. The Morgan fingerprint density at radius 2 is 2.00 bits per heavy atom. The van der Waals surface area contributed by atoms with Gasteiger partial charge in [0.15, 0.2) is 0 Å². The van der Waals surface area contributed by atoms with E-state index in [9.17, 15) is 9.90 Å². The summed E-state index contributed by atoms with van der Waals surface area (Å²) >= 11 is 0. The molecule has 2 N–H and O–H groups in total. The van der Waals surface area contributed by atoms with Gasteiger partial charge in [0.2, 0.25) is 0 Å². The van der Waals surface area contributed by atoms with Crippen LogP contribution >= 0.6 is 0 Å². The smallest absolute Gasteiger partial charge is 0.335 e. The van der Waals surface area contributed by atoms with Gasteiger partial charge >= 0.3 is 5.97 Å². The van der Waals surface area contributed by atoms with Gasteiger partial charge in [0.05, 0.1) is 11.1 Å². The molecule has 0 aliphatic carbocycles. The maximum absolute atomic E-state index is 10.9. The summed E-state index contributed by atoms with van der Waals surface area (Å²) in [7, 11) is 0. The first-order valence-electron chi connectivity index (χ1n) is 5.13. The summed E-state index contributed by atoms with van der Waals surface area (Å²) in [6, 6.07) is 10.1. The maximum atomic E-state index is 10.9. The van der Waals surface area contributed by atoms with Crippen LogP contribution in [0.4, 0.5) is 0 Å². The number of phenolic OH excluding ortho intramolecular Hbond substituents is 1. The molecule has 4 heteroatoms. The molecular weight excluding hydrogens is 218 g/mol. The molecule has 1 aromatic carbocycles. The highest BCUT2D eigenvalue weighted by Gasteiger charge is 2.08. The van der Waals surface area contributed by atoms with E-state index in [0.717, 1.165) is 16.4 Å². The number of carboxylic acids is 1. The third-order valence-electron chi connectivity index (χ3n) is 2.84. The quantitative estimate of drug-likeness (QED) is 0.671. The van der Waals surface area contributed by atoms with E-state index in [2.05, 4.69) is 0 Å². The molecule has 0 unspecified atom stereocenters. The predicted molar refractivity (Wildman–Crippen MR) is 63.5 cm³/mol. The zero-order chi connectivity index (χ0) is 12.0. The zero-order valence-electron chi connectivity index (χ0n) is 8.79. The van der Waals surface area contributed by atoms with Gasteiger partial charge in [0.1, 0.15) is 5.75 Å². The molecule has 4 nitrogen and oxygen atoms in total. The summed E-state index contributed by atoms with van der Waals surface area (Å²) in [5.74, 6) is -0.759. The van der Waals surface area contributed by atoms with Crippen molar-refractivity contribution in [3.05, 3.63) is 48.2 Å². The molecule has 0 bridgehead atoms. The van der Waals surface area contributed by atoms with E-state index in [1.165, 1.54) is 0 Å². The minimum atomic E-state index is -0.957. The summed E-state index contributed by atoms with van der Waals surface area (Å²) in [4.78, 5) is 10.9. The van der Waals surface area contributed by atoms with Crippen molar-refractivity contribution >= 4 is 22.4 Å². The number of hydrogen-bond acceptors (Lipinski definition) is 2. The van der Waals surface area contributed by atoms with Crippen molar-refractivity contribution in [3.63, 3.8) is 0 Å². The largest absolute Gasteiger partial charge is 0.507 e. The van der Waals surface area contributed by atoms with Gasteiger partial charge in [-0.25, -0.2) is 4.79 Å². The van der Waals surface area contributed by atoms with E-state index in [1.54, 1.807) is 36.5 Å². The minimum absolute atomic E-state index is 0.197. The molecule has 3 aromatic rings. The Labute approximate surface area is 96.3 Å². The SMILES string of the molecule is O=C(O)c1ccn2c(c1)cc1c(O)cccc12. The van der Waals surface area contributed by atoms with Crippen molar-refractivity contribution in [3.8, 4) is 5.75 Å². The monoisotopic (exact) mass is 227 g/mol. The van der Waals surface area contributed by atoms with E-state index in [-0.39, 0.29) is 11.3 Å². The number of aromatic carboxylic acids is 1. The standard InChI is InChI=1S/C13H9NO3/c15-12-3-1-2-11-10(12)7-9-6-8(13(16)17)4-5-14(9)11/h1-7,15H,(H,16,17). The van der Waals surface area contributed by atoms with Crippen LogP contribution in [0.3, 0.4) is 0 Å². The Balaban J connectivity index is 2.43. The Kier molecular flexibility index (Phi) is 1.86. The van der Waals surface area contributed by atoms with E-state index in [4.69, 9.17) is 5.11 Å². The van der Waals surface area contributed by atoms with Crippen LogP contribution in [0.15, 0.2) is 42.6 Å². The zero-order valence-corrected chi connectivity index (χ0v) is 8.79. The molecule has 0 saturated carbocycles. The molecule has 0 radical (unpaired) electrons. The predicted octanol–water partition coefficient (Wildman–Crippen LogP) is 2.50. The van der Waals surface area contributed by atoms with Crippen molar-refractivity contribution in [2.75, 3.05) is 0 Å². The number of fused-ring (bicyclic) bond motifs is 3. The van der Waals surface area contributed by atoms with Gasteiger partial charge in [0, 0.05) is 17.1 Å². The number of aromatic hydroxyl groups is 1. The minimum Gasteiger partial charge on any atom is -0.507 e. The third-order valence-corrected chi connectivity index (χ3v) is 2.84. The Hall–Kier alpha value is -2.49. The van der Waals surface area contributed by atoms with Crippen molar-refractivity contribution < 1.29 is 15.0 Å². The van der Waals surface area contributed by atoms with Crippen molar-refractivity contribution in [1.82, 2.24) is 4.40 Å². The molecule has 2 heterocycles. The number of aromatic nitrogens is 1. The van der Waals surface area contributed by atoms with E-state index >= 15 is 0 Å². The first kappa shape index (κ1) is 9.72. The lowest BCUT2D eigenvalue weighted by Crippen LogP contribution is -1.96. The molecule has 3 rings (SSSR count). The molecule has 0 fully saturated rings. The number of carbonyl (C=O) groups is 1. The fourth-order valence-corrected chi connectivity index (χ4v) is 2.03. The van der Waals surface area contributed by atoms with Gasteiger partial charge in [-0.15, -0.1) is 0 Å². The fraction of sp³-hybridized carbons (Fsp3) is 0. The number of phenols is 1. The van der Waals surface area contributed by atoms with Crippen molar-refractivity contribution in [2.45, 2.75) is 0 Å². The average Bonchev–Trinajstić information content (AvgIpc) is 2.68. The molecular formula is C13H9NO3. The lowest BCUT2D eigenvalue weighted by molar-refractivity contribution is 0.0697. The Morgan fingerprint density at radius 1 is 1.18 bits per heavy atom. The maximum Gasteiger partial charge on any atom is 0.335 e. The van der Waals surface area contributed by atoms with Crippen LogP contribution in [-0.4, -0.2) is 20.6 Å². The number of rotatable bonds is 1. The van der Waals surface area contributed by atoms with Gasteiger partial charge in [-0.2, -0.15) is 0 Å². The second kappa shape index (κ2) is 3.25. The van der Waals surface area contributed by atoms with Crippen molar-refractivity contribution in [1.29, 1.82) is 0 Å². The molecule has 0 atom stereocenters. The van der Waals surface area contributed by atoms with Crippen LogP contribution in [-0.2, 0) is 0 Å². The topological polar surface area (TPSA) is 61.9 Å². The van der Waals surface area contributed by atoms with Gasteiger partial charge in [-0.05, 0) is 30.3 Å². The van der Waals surface area contributed by atoms with E-state index in [1.807, 2.05) is 10.5 Å². The molecule has 0 aliphatic heterocycles. The van der Waals surface area contributed by atoms with Crippen molar-refractivity contribution in [2.24, 2.45) is 0 Å². The number of pyridine rings is 1. The van der Waals surface area contributed by atoms with Crippen LogP contribution in [0.25, 0.3) is 16.4 Å². The molecule has 0 amide bonds. The lowest BCUT2D eigenvalue weighted by Gasteiger charge is -1.99. The summed E-state index contributed by atoms with van der Waals surface area (Å²) in [5, 5.41) is 19.4. The number of nitrogens with zero attached hydrogens (tertiary/aromatic N) is 1. The van der Waals surface area contributed by atoms with Crippen LogP contribution in [0.1, 0.15) is 10.4 Å². The van der Waals surface area contributed by atoms with Crippen LogP contribution in [0.2, 0.25) is 0 Å².